The molecule has 1 heterocycles. The first kappa shape index (κ1) is 19.9. The minimum atomic E-state index is -0.492. The van der Waals surface area contributed by atoms with Gasteiger partial charge in [0.05, 0.1) is 0 Å². The Bertz CT molecular complexity index is 870. The number of amides is 2. The van der Waals surface area contributed by atoms with Gasteiger partial charge in [-0.2, -0.15) is 0 Å². The first-order chi connectivity index (χ1) is 13.3. The Labute approximate surface area is 166 Å². The molecule has 0 aromatic heterocycles. The normalized spacial score (nSPS) is 15.8. The number of piperidine rings is 1. The third-order valence-corrected chi connectivity index (χ3v) is 4.73. The van der Waals surface area contributed by atoms with Crippen LogP contribution in [-0.4, -0.2) is 41.6 Å². The minimum absolute atomic E-state index is 0.0726. The lowest BCUT2D eigenvalue weighted by molar-refractivity contribution is -0.117. The van der Waals surface area contributed by atoms with E-state index in [9.17, 15) is 9.59 Å². The third-order valence-electron chi connectivity index (χ3n) is 4.73. The smallest absolute Gasteiger partial charge is 0.410 e. The van der Waals surface area contributed by atoms with E-state index in [2.05, 4.69) is 23.5 Å². The van der Waals surface area contributed by atoms with E-state index < -0.39 is 5.60 Å². The summed E-state index contributed by atoms with van der Waals surface area (Å²) < 4.78 is 5.40. The second-order valence-corrected chi connectivity index (χ2v) is 8.15. The number of ether oxygens (including phenoxy) is 1. The number of carbonyl (C=O) groups is 2. The molecule has 148 valence electrons. The highest BCUT2D eigenvalue weighted by molar-refractivity contribution is 5.96. The maximum Gasteiger partial charge on any atom is 0.410 e. The number of benzene rings is 2. The van der Waals surface area contributed by atoms with Gasteiger partial charge in [-0.1, -0.05) is 42.5 Å². The molecule has 1 N–H and O–H groups in total. The fourth-order valence-corrected chi connectivity index (χ4v) is 3.34. The standard InChI is InChI=1S/C23H28N2O3/c1-23(2,3)28-22(27)25-15-13-19(14-16-25)24-21(26)12-11-18-9-6-8-17-7-4-5-10-20(17)18/h4-12,19H,13-16H2,1-3H3,(H,24,26). The van der Waals surface area contributed by atoms with Crippen LogP contribution >= 0.6 is 0 Å². The van der Waals surface area contributed by atoms with Gasteiger partial charge >= 0.3 is 6.09 Å². The predicted molar refractivity (Wildman–Crippen MR) is 112 cm³/mol. The number of likely N-dealkylation sites (tertiary alicyclic amines) is 1. The maximum atomic E-state index is 12.3. The van der Waals surface area contributed by atoms with Crippen molar-refractivity contribution in [3.05, 3.63) is 54.1 Å². The molecule has 5 heteroatoms. The molecule has 3 rings (SSSR count). The fourth-order valence-electron chi connectivity index (χ4n) is 3.34. The fraction of sp³-hybridized carbons (Fsp3) is 0.391. The Morgan fingerprint density at radius 1 is 1.07 bits per heavy atom. The Morgan fingerprint density at radius 3 is 2.46 bits per heavy atom. The van der Waals surface area contributed by atoms with E-state index >= 15 is 0 Å². The molecule has 2 aromatic rings. The number of carbonyl (C=O) groups excluding carboxylic acids is 2. The van der Waals surface area contributed by atoms with Crippen molar-refractivity contribution in [1.82, 2.24) is 10.2 Å². The topological polar surface area (TPSA) is 58.6 Å². The van der Waals surface area contributed by atoms with Gasteiger partial charge in [-0.15, -0.1) is 0 Å². The van der Waals surface area contributed by atoms with Crippen LogP contribution < -0.4 is 5.32 Å². The van der Waals surface area contributed by atoms with Gasteiger partial charge in [0.25, 0.3) is 0 Å². The summed E-state index contributed by atoms with van der Waals surface area (Å²) in [5.74, 6) is -0.108. The van der Waals surface area contributed by atoms with Crippen LogP contribution in [0.3, 0.4) is 0 Å². The lowest BCUT2D eigenvalue weighted by Gasteiger charge is -2.33. The zero-order valence-electron chi connectivity index (χ0n) is 16.8. The molecular formula is C23H28N2O3. The Balaban J connectivity index is 1.52. The van der Waals surface area contributed by atoms with Gasteiger partial charge in [0.15, 0.2) is 0 Å². The molecule has 2 aromatic carbocycles. The van der Waals surface area contributed by atoms with Crippen LogP contribution in [-0.2, 0) is 9.53 Å². The highest BCUT2D eigenvalue weighted by atomic mass is 16.6. The van der Waals surface area contributed by atoms with Gasteiger partial charge in [0.2, 0.25) is 5.91 Å². The van der Waals surface area contributed by atoms with Crippen molar-refractivity contribution in [2.24, 2.45) is 0 Å². The molecule has 28 heavy (non-hydrogen) atoms. The summed E-state index contributed by atoms with van der Waals surface area (Å²) in [6.07, 6.45) is 4.61. The molecule has 0 unspecified atom stereocenters. The van der Waals surface area contributed by atoms with Crippen LogP contribution in [0.15, 0.2) is 48.5 Å². The van der Waals surface area contributed by atoms with E-state index in [4.69, 9.17) is 4.74 Å². The van der Waals surface area contributed by atoms with Gasteiger partial charge in [0.1, 0.15) is 5.60 Å². The molecular weight excluding hydrogens is 352 g/mol. The van der Waals surface area contributed by atoms with Crippen LogP contribution in [0.25, 0.3) is 16.8 Å². The lowest BCUT2D eigenvalue weighted by Crippen LogP contribution is -2.47. The zero-order chi connectivity index (χ0) is 20.1. The molecule has 1 fully saturated rings. The lowest BCUT2D eigenvalue weighted by atomic mass is 10.0. The van der Waals surface area contributed by atoms with E-state index in [-0.39, 0.29) is 18.0 Å². The van der Waals surface area contributed by atoms with E-state index in [0.29, 0.717) is 13.1 Å². The summed E-state index contributed by atoms with van der Waals surface area (Å²) in [7, 11) is 0. The summed E-state index contributed by atoms with van der Waals surface area (Å²) in [6, 6.07) is 14.3. The zero-order valence-corrected chi connectivity index (χ0v) is 16.8. The van der Waals surface area contributed by atoms with Crippen LogP contribution in [0, 0.1) is 0 Å². The van der Waals surface area contributed by atoms with Crippen LogP contribution in [0.2, 0.25) is 0 Å². The van der Waals surface area contributed by atoms with Crippen LogP contribution in [0.5, 0.6) is 0 Å². The number of hydrogen-bond donors (Lipinski definition) is 1. The Kier molecular flexibility index (Phi) is 6.02. The highest BCUT2D eigenvalue weighted by Gasteiger charge is 2.27. The average Bonchev–Trinajstić information content (AvgIpc) is 2.65. The maximum absolute atomic E-state index is 12.3. The second-order valence-electron chi connectivity index (χ2n) is 8.15. The van der Waals surface area contributed by atoms with Crippen molar-refractivity contribution >= 4 is 28.8 Å². The molecule has 0 saturated carbocycles. The number of fused-ring (bicyclic) bond motifs is 1. The molecule has 5 nitrogen and oxygen atoms in total. The number of rotatable bonds is 3. The van der Waals surface area contributed by atoms with Gasteiger partial charge in [-0.05, 0) is 56.0 Å². The Morgan fingerprint density at radius 2 is 1.75 bits per heavy atom. The predicted octanol–water partition coefficient (Wildman–Crippen LogP) is 4.37. The summed E-state index contributed by atoms with van der Waals surface area (Å²) in [5, 5.41) is 5.32. The SMILES string of the molecule is CC(C)(C)OC(=O)N1CCC(NC(=O)C=Cc2cccc3ccccc23)CC1. The molecule has 0 aliphatic carbocycles. The van der Waals surface area contributed by atoms with Gasteiger partial charge in [-0.25, -0.2) is 4.79 Å². The van der Waals surface area contributed by atoms with E-state index in [0.717, 1.165) is 29.2 Å². The van der Waals surface area contributed by atoms with Crippen molar-refractivity contribution in [2.75, 3.05) is 13.1 Å². The van der Waals surface area contributed by atoms with Crippen molar-refractivity contribution < 1.29 is 14.3 Å². The summed E-state index contributed by atoms with van der Waals surface area (Å²) in [5.41, 5.74) is 0.530. The molecule has 0 spiro atoms. The molecule has 0 bridgehead atoms. The van der Waals surface area contributed by atoms with E-state index in [1.54, 1.807) is 11.0 Å². The van der Waals surface area contributed by atoms with E-state index in [1.165, 1.54) is 0 Å². The van der Waals surface area contributed by atoms with Gasteiger partial charge < -0.3 is 15.0 Å². The van der Waals surface area contributed by atoms with Crippen LogP contribution in [0.1, 0.15) is 39.2 Å². The van der Waals surface area contributed by atoms with Gasteiger partial charge in [-0.3, -0.25) is 4.79 Å². The highest BCUT2D eigenvalue weighted by Crippen LogP contribution is 2.20. The molecule has 0 radical (unpaired) electrons. The second kappa shape index (κ2) is 8.46. The molecule has 0 atom stereocenters. The average molecular weight is 380 g/mol. The molecule has 1 aliphatic rings. The molecule has 1 saturated heterocycles. The number of hydrogen-bond acceptors (Lipinski definition) is 3. The molecule has 2 amide bonds. The summed E-state index contributed by atoms with van der Waals surface area (Å²) >= 11 is 0. The van der Waals surface area contributed by atoms with Crippen molar-refractivity contribution in [1.29, 1.82) is 0 Å². The Hall–Kier alpha value is -2.82. The first-order valence-corrected chi connectivity index (χ1v) is 9.76. The quantitative estimate of drug-likeness (QED) is 0.805. The minimum Gasteiger partial charge on any atom is -0.444 e. The monoisotopic (exact) mass is 380 g/mol. The largest absolute Gasteiger partial charge is 0.444 e. The third kappa shape index (κ3) is 5.35. The summed E-state index contributed by atoms with van der Waals surface area (Å²) in [4.78, 5) is 26.1. The number of nitrogens with zero attached hydrogens (tertiary/aromatic N) is 1. The van der Waals surface area contributed by atoms with Crippen LogP contribution in [0.4, 0.5) is 4.79 Å². The number of nitrogens with one attached hydrogen (secondary N) is 1. The first-order valence-electron chi connectivity index (χ1n) is 9.76. The van der Waals surface area contributed by atoms with Gasteiger partial charge in [0, 0.05) is 25.2 Å². The van der Waals surface area contributed by atoms with E-state index in [1.807, 2.05) is 51.1 Å². The molecule has 1 aliphatic heterocycles. The van der Waals surface area contributed by atoms with Crippen molar-refractivity contribution in [3.8, 4) is 0 Å². The van der Waals surface area contributed by atoms with Crippen molar-refractivity contribution in [2.45, 2.75) is 45.3 Å². The summed E-state index contributed by atoms with van der Waals surface area (Å²) in [6.45, 7) is 6.76. The van der Waals surface area contributed by atoms with Crippen molar-refractivity contribution in [3.63, 3.8) is 0 Å².